The molecule has 1 fully saturated rings. The molecule has 2 heterocycles. The van der Waals surface area contributed by atoms with Gasteiger partial charge in [0.2, 0.25) is 0 Å². The van der Waals surface area contributed by atoms with E-state index in [0.29, 0.717) is 6.04 Å². The number of nitrogens with one attached hydrogen (secondary N) is 1. The minimum Gasteiger partial charge on any atom is -0.308 e. The first kappa shape index (κ1) is 11.9. The van der Waals surface area contributed by atoms with Crippen molar-refractivity contribution in [3.63, 3.8) is 0 Å². The Morgan fingerprint density at radius 1 is 1.15 bits per heavy atom. The molecule has 20 heavy (non-hydrogen) atoms. The number of nitrogens with zero attached hydrogens (tertiary/aromatic N) is 4. The maximum Gasteiger partial charge on any atom is 0.150 e. The summed E-state index contributed by atoms with van der Waals surface area (Å²) in [6.07, 6.45) is 5.98. The Hall–Kier alpha value is -1.92. The van der Waals surface area contributed by atoms with E-state index in [1.54, 1.807) is 23.7 Å². The number of benzene rings is 1. The lowest BCUT2D eigenvalue weighted by Crippen LogP contribution is -2.14. The smallest absolute Gasteiger partial charge is 0.150 e. The Balaban J connectivity index is 1.67. The predicted octanol–water partition coefficient (Wildman–Crippen LogP) is 2.40. The molecule has 0 unspecified atom stereocenters. The molecule has 3 aromatic rings. The lowest BCUT2D eigenvalue weighted by Gasteiger charge is -2.00. The standard InChI is InChI=1S/C14H13N5S/c1-2-10(13-11(3-1)15-6-7-16-13)14-19-18-12(20-14)8-17-9-4-5-9/h1-3,6-7,9,17H,4-5,8H2. The van der Waals surface area contributed by atoms with Crippen LogP contribution in [-0.2, 0) is 6.54 Å². The van der Waals surface area contributed by atoms with Gasteiger partial charge in [-0.1, -0.05) is 17.4 Å². The largest absolute Gasteiger partial charge is 0.308 e. The van der Waals surface area contributed by atoms with Crippen LogP contribution in [0.3, 0.4) is 0 Å². The molecule has 1 saturated carbocycles. The highest BCUT2D eigenvalue weighted by atomic mass is 32.1. The van der Waals surface area contributed by atoms with Crippen LogP contribution in [0.25, 0.3) is 21.6 Å². The molecule has 0 radical (unpaired) electrons. The normalized spacial score (nSPS) is 14.8. The van der Waals surface area contributed by atoms with Gasteiger partial charge >= 0.3 is 0 Å². The van der Waals surface area contributed by atoms with Crippen molar-refractivity contribution in [1.29, 1.82) is 0 Å². The summed E-state index contributed by atoms with van der Waals surface area (Å²) in [6.45, 7) is 0.804. The summed E-state index contributed by atoms with van der Waals surface area (Å²) >= 11 is 1.62. The molecule has 0 aliphatic heterocycles. The van der Waals surface area contributed by atoms with Gasteiger partial charge in [-0.15, -0.1) is 10.2 Å². The number of hydrogen-bond acceptors (Lipinski definition) is 6. The molecule has 0 saturated heterocycles. The molecule has 5 nitrogen and oxygen atoms in total. The predicted molar refractivity (Wildman–Crippen MR) is 78.3 cm³/mol. The van der Waals surface area contributed by atoms with Crippen molar-refractivity contribution in [1.82, 2.24) is 25.5 Å². The van der Waals surface area contributed by atoms with Gasteiger partial charge in [-0.25, -0.2) is 0 Å². The van der Waals surface area contributed by atoms with Crippen LogP contribution >= 0.6 is 11.3 Å². The summed E-state index contributed by atoms with van der Waals surface area (Å²) in [5.41, 5.74) is 2.77. The first-order chi connectivity index (χ1) is 9.90. The van der Waals surface area contributed by atoms with Crippen molar-refractivity contribution in [3.8, 4) is 10.6 Å². The van der Waals surface area contributed by atoms with Gasteiger partial charge in [-0.2, -0.15) is 0 Å². The highest BCUT2D eigenvalue weighted by Crippen LogP contribution is 2.29. The fourth-order valence-corrected chi connectivity index (χ4v) is 2.93. The van der Waals surface area contributed by atoms with Gasteiger partial charge in [0.1, 0.15) is 10.0 Å². The van der Waals surface area contributed by atoms with Crippen LogP contribution in [0.15, 0.2) is 30.6 Å². The quantitative estimate of drug-likeness (QED) is 0.796. The number of fused-ring (bicyclic) bond motifs is 1. The molecule has 1 aromatic carbocycles. The summed E-state index contributed by atoms with van der Waals surface area (Å²) < 4.78 is 0. The topological polar surface area (TPSA) is 63.6 Å². The second-order valence-corrected chi connectivity index (χ2v) is 5.95. The van der Waals surface area contributed by atoms with Crippen LogP contribution in [0, 0.1) is 0 Å². The molecule has 6 heteroatoms. The SMILES string of the molecule is c1cc(-c2nnc(CNC3CC3)s2)c2nccnc2c1. The van der Waals surface area contributed by atoms with Gasteiger partial charge in [0.25, 0.3) is 0 Å². The second kappa shape index (κ2) is 4.88. The molecule has 0 amide bonds. The molecule has 0 atom stereocenters. The van der Waals surface area contributed by atoms with Gasteiger partial charge in [-0.05, 0) is 25.0 Å². The van der Waals surface area contributed by atoms with Crippen molar-refractivity contribution in [3.05, 3.63) is 35.6 Å². The van der Waals surface area contributed by atoms with Crippen LogP contribution < -0.4 is 5.32 Å². The van der Waals surface area contributed by atoms with Crippen LogP contribution in [0.4, 0.5) is 0 Å². The van der Waals surface area contributed by atoms with E-state index in [0.717, 1.165) is 33.2 Å². The highest BCUT2D eigenvalue weighted by Gasteiger charge is 2.21. The molecule has 1 aliphatic rings. The van der Waals surface area contributed by atoms with E-state index in [1.165, 1.54) is 12.8 Å². The minimum absolute atomic E-state index is 0.686. The van der Waals surface area contributed by atoms with Crippen molar-refractivity contribution in [2.45, 2.75) is 25.4 Å². The number of para-hydroxylation sites is 1. The van der Waals surface area contributed by atoms with Crippen molar-refractivity contribution >= 4 is 22.4 Å². The fraction of sp³-hybridized carbons (Fsp3) is 0.286. The van der Waals surface area contributed by atoms with E-state index in [-0.39, 0.29) is 0 Å². The minimum atomic E-state index is 0.686. The average Bonchev–Trinajstić information content (AvgIpc) is 3.21. The third-order valence-electron chi connectivity index (χ3n) is 3.32. The number of rotatable bonds is 4. The molecular weight excluding hydrogens is 270 g/mol. The van der Waals surface area contributed by atoms with Crippen molar-refractivity contribution < 1.29 is 0 Å². The van der Waals surface area contributed by atoms with E-state index in [2.05, 4.69) is 25.5 Å². The van der Waals surface area contributed by atoms with Crippen LogP contribution in [0.5, 0.6) is 0 Å². The monoisotopic (exact) mass is 283 g/mol. The highest BCUT2D eigenvalue weighted by molar-refractivity contribution is 7.14. The lowest BCUT2D eigenvalue weighted by atomic mass is 10.2. The molecule has 4 rings (SSSR count). The van der Waals surface area contributed by atoms with Gasteiger partial charge in [0.15, 0.2) is 0 Å². The maximum atomic E-state index is 4.41. The van der Waals surface area contributed by atoms with Gasteiger partial charge in [-0.3, -0.25) is 9.97 Å². The van der Waals surface area contributed by atoms with Gasteiger partial charge < -0.3 is 5.32 Å². The van der Waals surface area contributed by atoms with E-state index in [4.69, 9.17) is 0 Å². The first-order valence-corrected chi connectivity index (χ1v) is 7.48. The van der Waals surface area contributed by atoms with Crippen LogP contribution in [0.2, 0.25) is 0 Å². The fourth-order valence-electron chi connectivity index (χ4n) is 2.12. The first-order valence-electron chi connectivity index (χ1n) is 6.66. The zero-order valence-electron chi connectivity index (χ0n) is 10.8. The van der Waals surface area contributed by atoms with Gasteiger partial charge in [0.05, 0.1) is 11.0 Å². The Morgan fingerprint density at radius 2 is 2.05 bits per heavy atom. The zero-order valence-corrected chi connectivity index (χ0v) is 11.6. The van der Waals surface area contributed by atoms with E-state index in [9.17, 15) is 0 Å². The molecule has 0 bridgehead atoms. The number of aromatic nitrogens is 4. The lowest BCUT2D eigenvalue weighted by molar-refractivity contribution is 0.679. The molecular formula is C14H13N5S. The number of hydrogen-bond donors (Lipinski definition) is 1. The summed E-state index contributed by atoms with van der Waals surface area (Å²) in [5.74, 6) is 0. The third kappa shape index (κ3) is 2.28. The molecule has 1 aliphatic carbocycles. The summed E-state index contributed by atoms with van der Waals surface area (Å²) in [6, 6.07) is 6.65. The molecule has 2 aromatic heterocycles. The van der Waals surface area contributed by atoms with Crippen LogP contribution in [0.1, 0.15) is 17.8 Å². The Kier molecular flexibility index (Phi) is 2.90. The Labute approximate surface area is 120 Å². The van der Waals surface area contributed by atoms with Crippen LogP contribution in [-0.4, -0.2) is 26.2 Å². The van der Waals surface area contributed by atoms with Crippen molar-refractivity contribution in [2.24, 2.45) is 0 Å². The third-order valence-corrected chi connectivity index (χ3v) is 4.27. The molecule has 1 N–H and O–H groups in total. The molecule has 100 valence electrons. The van der Waals surface area contributed by atoms with E-state index in [1.807, 2.05) is 18.2 Å². The zero-order chi connectivity index (χ0) is 13.4. The Morgan fingerprint density at radius 3 is 2.95 bits per heavy atom. The van der Waals surface area contributed by atoms with Crippen molar-refractivity contribution in [2.75, 3.05) is 0 Å². The second-order valence-electron chi connectivity index (χ2n) is 4.89. The van der Waals surface area contributed by atoms with Gasteiger partial charge in [0, 0.05) is 30.5 Å². The summed E-state index contributed by atoms with van der Waals surface area (Å²) in [7, 11) is 0. The Bertz CT molecular complexity index is 745. The average molecular weight is 283 g/mol. The van der Waals surface area contributed by atoms with E-state index >= 15 is 0 Å². The summed E-state index contributed by atoms with van der Waals surface area (Å²) in [5, 5.41) is 13.9. The van der Waals surface area contributed by atoms with E-state index < -0.39 is 0 Å². The summed E-state index contributed by atoms with van der Waals surface area (Å²) in [4.78, 5) is 8.74. The molecule has 0 spiro atoms. The maximum absolute atomic E-state index is 4.41.